The largest absolute Gasteiger partial charge is 0.381 e. The van der Waals surface area contributed by atoms with E-state index in [0.717, 1.165) is 18.1 Å². The molecule has 3 fully saturated rings. The van der Waals surface area contributed by atoms with E-state index in [4.69, 9.17) is 10.5 Å². The molecule has 2 atom stereocenters. The van der Waals surface area contributed by atoms with Crippen LogP contribution in [0.2, 0.25) is 0 Å². The van der Waals surface area contributed by atoms with Gasteiger partial charge in [0.05, 0.1) is 6.10 Å². The van der Waals surface area contributed by atoms with E-state index < -0.39 is 0 Å². The van der Waals surface area contributed by atoms with Crippen molar-refractivity contribution in [1.82, 2.24) is 4.90 Å². The van der Waals surface area contributed by atoms with Crippen molar-refractivity contribution >= 4 is 0 Å². The molecule has 2 N–H and O–H groups in total. The Bertz CT molecular complexity index is 238. The number of rotatable bonds is 2. The maximum atomic E-state index is 6.15. The molecule has 1 aliphatic carbocycles. The average molecular weight is 224 g/mol. The van der Waals surface area contributed by atoms with E-state index in [1.807, 2.05) is 7.11 Å². The number of fused-ring (bicyclic) bond motifs is 2. The van der Waals surface area contributed by atoms with Gasteiger partial charge in [-0.1, -0.05) is 6.42 Å². The van der Waals surface area contributed by atoms with Gasteiger partial charge in [-0.25, -0.2) is 0 Å². The Morgan fingerprint density at radius 1 is 1.00 bits per heavy atom. The predicted octanol–water partition coefficient (Wildman–Crippen LogP) is 1.51. The fourth-order valence-corrected chi connectivity index (χ4v) is 4.03. The van der Waals surface area contributed by atoms with Gasteiger partial charge in [0.15, 0.2) is 0 Å². The molecule has 2 saturated heterocycles. The lowest BCUT2D eigenvalue weighted by Gasteiger charge is -2.55. The Kier molecular flexibility index (Phi) is 2.94. The molecule has 2 heterocycles. The summed E-state index contributed by atoms with van der Waals surface area (Å²) >= 11 is 0. The summed E-state index contributed by atoms with van der Waals surface area (Å²) < 4.78 is 5.40. The molecule has 0 spiro atoms. The maximum Gasteiger partial charge on any atom is 0.0601 e. The van der Waals surface area contributed by atoms with E-state index in [1.165, 1.54) is 44.9 Å². The normalized spacial score (nSPS) is 48.8. The number of hydrogen-bond acceptors (Lipinski definition) is 3. The third-order valence-corrected chi connectivity index (χ3v) is 4.89. The molecule has 2 bridgehead atoms. The highest BCUT2D eigenvalue weighted by atomic mass is 16.5. The van der Waals surface area contributed by atoms with Crippen LogP contribution < -0.4 is 5.73 Å². The monoisotopic (exact) mass is 224 g/mol. The van der Waals surface area contributed by atoms with E-state index in [0.29, 0.717) is 12.1 Å². The maximum absolute atomic E-state index is 6.15. The van der Waals surface area contributed by atoms with Crippen LogP contribution in [0.5, 0.6) is 0 Å². The molecule has 0 aromatic heterocycles. The molecule has 3 nitrogen and oxygen atoms in total. The van der Waals surface area contributed by atoms with Gasteiger partial charge in [-0.05, 0) is 38.5 Å². The first kappa shape index (κ1) is 11.0. The molecule has 0 aromatic carbocycles. The first-order chi connectivity index (χ1) is 7.78. The van der Waals surface area contributed by atoms with Crippen molar-refractivity contribution in [3.63, 3.8) is 0 Å². The molecule has 0 radical (unpaired) electrons. The lowest BCUT2D eigenvalue weighted by atomic mass is 9.76. The molecule has 3 rings (SSSR count). The smallest absolute Gasteiger partial charge is 0.0601 e. The zero-order chi connectivity index (χ0) is 11.1. The van der Waals surface area contributed by atoms with Crippen LogP contribution in [0.4, 0.5) is 0 Å². The van der Waals surface area contributed by atoms with E-state index in [1.54, 1.807) is 0 Å². The number of nitrogens with zero attached hydrogens (tertiary/aromatic N) is 1. The van der Waals surface area contributed by atoms with Crippen molar-refractivity contribution in [2.45, 2.75) is 75.2 Å². The highest BCUT2D eigenvalue weighted by molar-refractivity contribution is 5.00. The van der Waals surface area contributed by atoms with Crippen LogP contribution in [0, 0.1) is 0 Å². The van der Waals surface area contributed by atoms with Gasteiger partial charge >= 0.3 is 0 Å². The summed E-state index contributed by atoms with van der Waals surface area (Å²) in [4.78, 5) is 2.81. The van der Waals surface area contributed by atoms with Crippen molar-refractivity contribution in [3.8, 4) is 0 Å². The zero-order valence-corrected chi connectivity index (χ0v) is 10.3. The SMILES string of the molecule is COC1CC(N2C3CCCC2CC(N)C3)C1. The molecular weight excluding hydrogens is 200 g/mol. The zero-order valence-electron chi connectivity index (χ0n) is 10.3. The Hall–Kier alpha value is -0.120. The van der Waals surface area contributed by atoms with Crippen molar-refractivity contribution in [2.24, 2.45) is 5.73 Å². The van der Waals surface area contributed by atoms with Crippen LogP contribution >= 0.6 is 0 Å². The van der Waals surface area contributed by atoms with E-state index in [-0.39, 0.29) is 0 Å². The molecule has 3 aliphatic rings. The second kappa shape index (κ2) is 4.28. The summed E-state index contributed by atoms with van der Waals surface area (Å²) in [5, 5.41) is 0. The summed E-state index contributed by atoms with van der Waals surface area (Å²) in [7, 11) is 1.84. The molecule has 2 unspecified atom stereocenters. The minimum atomic E-state index is 0.463. The van der Waals surface area contributed by atoms with Crippen LogP contribution in [0.3, 0.4) is 0 Å². The second-order valence-electron chi connectivity index (χ2n) is 5.90. The highest BCUT2D eigenvalue weighted by Crippen LogP contribution is 2.40. The standard InChI is InChI=1S/C13H24N2O/c1-16-13-7-12(8-13)15-10-3-2-4-11(15)6-9(14)5-10/h9-13H,2-8,14H2,1H3. The van der Waals surface area contributed by atoms with E-state index >= 15 is 0 Å². The fraction of sp³-hybridized carbons (Fsp3) is 1.00. The van der Waals surface area contributed by atoms with E-state index in [9.17, 15) is 0 Å². The first-order valence-corrected chi connectivity index (χ1v) is 6.83. The van der Waals surface area contributed by atoms with Gasteiger partial charge in [-0.3, -0.25) is 4.90 Å². The minimum absolute atomic E-state index is 0.463. The quantitative estimate of drug-likeness (QED) is 0.772. The Morgan fingerprint density at radius 3 is 2.19 bits per heavy atom. The molecule has 3 heteroatoms. The van der Waals surface area contributed by atoms with Crippen molar-refractivity contribution < 1.29 is 4.74 Å². The van der Waals surface area contributed by atoms with Crippen LogP contribution in [0.15, 0.2) is 0 Å². The topological polar surface area (TPSA) is 38.5 Å². The highest BCUT2D eigenvalue weighted by Gasteiger charge is 2.44. The summed E-state index contributed by atoms with van der Waals surface area (Å²) in [5.41, 5.74) is 6.15. The van der Waals surface area contributed by atoms with Crippen LogP contribution in [0.25, 0.3) is 0 Å². The van der Waals surface area contributed by atoms with Gasteiger partial charge in [-0.15, -0.1) is 0 Å². The third-order valence-electron chi connectivity index (χ3n) is 4.89. The average Bonchev–Trinajstić information content (AvgIpc) is 2.17. The van der Waals surface area contributed by atoms with E-state index in [2.05, 4.69) is 4.90 Å². The molecule has 1 saturated carbocycles. The van der Waals surface area contributed by atoms with Crippen LogP contribution in [-0.2, 0) is 4.74 Å². The molecule has 0 aromatic rings. The van der Waals surface area contributed by atoms with Gasteiger partial charge in [-0.2, -0.15) is 0 Å². The number of methoxy groups -OCH3 is 1. The van der Waals surface area contributed by atoms with Crippen LogP contribution in [-0.4, -0.2) is 42.3 Å². The van der Waals surface area contributed by atoms with Crippen LogP contribution in [0.1, 0.15) is 44.9 Å². The van der Waals surface area contributed by atoms with Gasteiger partial charge in [0.25, 0.3) is 0 Å². The molecular formula is C13H24N2O. The van der Waals surface area contributed by atoms with Crippen molar-refractivity contribution in [1.29, 1.82) is 0 Å². The van der Waals surface area contributed by atoms with Gasteiger partial charge in [0, 0.05) is 31.3 Å². The summed E-state index contributed by atoms with van der Waals surface area (Å²) in [6.45, 7) is 0. The Morgan fingerprint density at radius 2 is 1.62 bits per heavy atom. The van der Waals surface area contributed by atoms with Gasteiger partial charge < -0.3 is 10.5 Å². The second-order valence-corrected chi connectivity index (χ2v) is 5.90. The predicted molar refractivity (Wildman–Crippen MR) is 64.3 cm³/mol. The molecule has 2 aliphatic heterocycles. The molecule has 0 amide bonds. The number of nitrogens with two attached hydrogens (primary N) is 1. The third kappa shape index (κ3) is 1.79. The molecule has 16 heavy (non-hydrogen) atoms. The lowest BCUT2D eigenvalue weighted by Crippen LogP contribution is -2.62. The Balaban J connectivity index is 1.66. The number of ether oxygens (including phenoxy) is 1. The number of piperidine rings is 2. The van der Waals surface area contributed by atoms with Crippen molar-refractivity contribution in [3.05, 3.63) is 0 Å². The lowest BCUT2D eigenvalue weighted by molar-refractivity contribution is -0.0870. The number of hydrogen-bond donors (Lipinski definition) is 1. The van der Waals surface area contributed by atoms with Gasteiger partial charge in [0.1, 0.15) is 0 Å². The Labute approximate surface area is 98.3 Å². The summed E-state index contributed by atoms with van der Waals surface area (Å²) in [5.74, 6) is 0. The summed E-state index contributed by atoms with van der Waals surface area (Å²) in [6, 6.07) is 2.83. The minimum Gasteiger partial charge on any atom is -0.381 e. The summed E-state index contributed by atoms with van der Waals surface area (Å²) in [6.07, 6.45) is 9.64. The fourth-order valence-electron chi connectivity index (χ4n) is 4.03. The molecule has 92 valence electrons. The van der Waals surface area contributed by atoms with Gasteiger partial charge in [0.2, 0.25) is 0 Å². The first-order valence-electron chi connectivity index (χ1n) is 6.83. The van der Waals surface area contributed by atoms with Crippen molar-refractivity contribution in [2.75, 3.05) is 7.11 Å².